The first-order chi connectivity index (χ1) is 11.2. The Labute approximate surface area is 154 Å². The first-order valence-electron chi connectivity index (χ1n) is 8.87. The molecular weight excluding hydrogens is 344 g/mol. The Bertz CT molecular complexity index is 567. The minimum absolute atomic E-state index is 0. The van der Waals surface area contributed by atoms with E-state index in [-0.39, 0.29) is 30.0 Å². The fraction of sp³-hybridized carbons (Fsp3) is 0.722. The van der Waals surface area contributed by atoms with E-state index in [4.69, 9.17) is 4.74 Å². The molecule has 3 aliphatic rings. The van der Waals surface area contributed by atoms with Crippen molar-refractivity contribution in [3.8, 4) is 0 Å². The molecule has 0 aromatic carbocycles. The molecule has 1 amide bonds. The Morgan fingerprint density at radius 1 is 1.42 bits per heavy atom. The first-order valence-corrected chi connectivity index (χ1v) is 9.81. The summed E-state index contributed by atoms with van der Waals surface area (Å²) in [5.74, 6) is 0.907. The summed E-state index contributed by atoms with van der Waals surface area (Å²) in [6.07, 6.45) is 4.85. The second-order valence-corrected chi connectivity index (χ2v) is 8.21. The van der Waals surface area contributed by atoms with Gasteiger partial charge in [0, 0.05) is 13.1 Å². The molecule has 0 spiro atoms. The predicted molar refractivity (Wildman–Crippen MR) is 98.7 cm³/mol. The molecule has 2 unspecified atom stereocenters. The monoisotopic (exact) mass is 370 g/mol. The maximum absolute atomic E-state index is 13.5. The van der Waals surface area contributed by atoms with Crippen LogP contribution in [0, 0.1) is 11.3 Å². The minimum Gasteiger partial charge on any atom is -0.367 e. The number of fused-ring (bicyclic) bond motifs is 1. The highest BCUT2D eigenvalue weighted by Gasteiger charge is 2.52. The summed E-state index contributed by atoms with van der Waals surface area (Å²) in [6.45, 7) is 5.40. The molecule has 1 aliphatic carbocycles. The van der Waals surface area contributed by atoms with Crippen LogP contribution >= 0.6 is 23.7 Å². The van der Waals surface area contributed by atoms with Gasteiger partial charge < -0.3 is 15.0 Å². The largest absolute Gasteiger partial charge is 0.367 e. The van der Waals surface area contributed by atoms with E-state index in [1.165, 1.54) is 24.8 Å². The van der Waals surface area contributed by atoms with Crippen molar-refractivity contribution in [3.05, 3.63) is 22.4 Å². The van der Waals surface area contributed by atoms with E-state index in [1.54, 1.807) is 11.3 Å². The average Bonchev–Trinajstić information content (AvgIpc) is 3.23. The topological polar surface area (TPSA) is 41.6 Å². The van der Waals surface area contributed by atoms with Gasteiger partial charge in [0.15, 0.2) is 0 Å². The van der Waals surface area contributed by atoms with Gasteiger partial charge in [0.1, 0.15) is 6.10 Å². The van der Waals surface area contributed by atoms with Crippen LogP contribution < -0.4 is 5.32 Å². The number of nitrogens with one attached hydrogen (secondary N) is 1. The van der Waals surface area contributed by atoms with Crippen LogP contribution in [-0.2, 0) is 9.53 Å². The first kappa shape index (κ1) is 18.2. The lowest BCUT2D eigenvalue weighted by Crippen LogP contribution is -2.54. The van der Waals surface area contributed by atoms with Crippen molar-refractivity contribution in [1.82, 2.24) is 10.2 Å². The Morgan fingerprint density at radius 2 is 2.29 bits per heavy atom. The van der Waals surface area contributed by atoms with Gasteiger partial charge in [-0.3, -0.25) is 4.79 Å². The molecule has 24 heavy (non-hydrogen) atoms. The quantitative estimate of drug-likeness (QED) is 0.868. The van der Waals surface area contributed by atoms with Crippen LogP contribution in [-0.4, -0.2) is 43.1 Å². The highest BCUT2D eigenvalue weighted by atomic mass is 35.5. The maximum atomic E-state index is 13.5. The van der Waals surface area contributed by atoms with Crippen molar-refractivity contribution < 1.29 is 9.53 Å². The van der Waals surface area contributed by atoms with Crippen LogP contribution in [0.5, 0.6) is 0 Å². The second kappa shape index (κ2) is 7.32. The van der Waals surface area contributed by atoms with E-state index in [2.05, 4.69) is 34.0 Å². The van der Waals surface area contributed by atoms with E-state index in [1.807, 2.05) is 0 Å². The molecule has 1 saturated carbocycles. The normalized spacial score (nSPS) is 36.0. The standard InChI is InChI=1S/C18H26N2O2S.ClH/c1-13-9-20(10-16(22-13)14-5-7-23-11-14)17(21)18-6-3-2-4-15(18)8-19-12-18;/h5,7,11,13,15-16,19H,2-4,6,8-10,12H2,1H3;1H/t13?,15-,16?,18+;/m0./s1. The van der Waals surface area contributed by atoms with E-state index in [0.29, 0.717) is 18.4 Å². The Balaban J connectivity index is 0.00000169. The second-order valence-electron chi connectivity index (χ2n) is 7.43. The van der Waals surface area contributed by atoms with Gasteiger partial charge in [-0.2, -0.15) is 11.3 Å². The smallest absolute Gasteiger partial charge is 0.230 e. The number of rotatable bonds is 2. The molecule has 2 aliphatic heterocycles. The highest BCUT2D eigenvalue weighted by molar-refractivity contribution is 7.07. The molecule has 0 bridgehead atoms. The summed E-state index contributed by atoms with van der Waals surface area (Å²) >= 11 is 1.69. The summed E-state index contributed by atoms with van der Waals surface area (Å²) in [6, 6.07) is 2.12. The predicted octanol–water partition coefficient (Wildman–Crippen LogP) is 3.24. The molecule has 1 N–H and O–H groups in total. The molecule has 3 heterocycles. The molecule has 1 aromatic rings. The maximum Gasteiger partial charge on any atom is 0.230 e. The lowest BCUT2D eigenvalue weighted by Gasteiger charge is -2.44. The van der Waals surface area contributed by atoms with Crippen LogP contribution in [0.3, 0.4) is 0 Å². The average molecular weight is 371 g/mol. The van der Waals surface area contributed by atoms with Gasteiger partial charge in [-0.1, -0.05) is 12.8 Å². The number of carbonyl (C=O) groups excluding carboxylic acids is 1. The number of carbonyl (C=O) groups is 1. The Kier molecular flexibility index (Phi) is 5.55. The number of halogens is 1. The van der Waals surface area contributed by atoms with E-state index < -0.39 is 0 Å². The number of hydrogen-bond acceptors (Lipinski definition) is 4. The van der Waals surface area contributed by atoms with Crippen LogP contribution in [0.25, 0.3) is 0 Å². The lowest BCUT2D eigenvalue weighted by atomic mass is 9.67. The summed E-state index contributed by atoms with van der Waals surface area (Å²) < 4.78 is 6.10. The van der Waals surface area contributed by atoms with Gasteiger partial charge in [-0.05, 0) is 54.6 Å². The molecule has 4 atom stereocenters. The number of morpholine rings is 1. The Hall–Kier alpha value is -0.620. The van der Waals surface area contributed by atoms with Crippen LogP contribution in [0.1, 0.15) is 44.3 Å². The number of ether oxygens (including phenoxy) is 1. The molecule has 2 saturated heterocycles. The molecule has 6 heteroatoms. The fourth-order valence-electron chi connectivity index (χ4n) is 4.74. The van der Waals surface area contributed by atoms with Gasteiger partial charge in [0.25, 0.3) is 0 Å². The van der Waals surface area contributed by atoms with Crippen LogP contribution in [0.4, 0.5) is 0 Å². The highest BCUT2D eigenvalue weighted by Crippen LogP contribution is 2.45. The van der Waals surface area contributed by atoms with Gasteiger partial charge >= 0.3 is 0 Å². The third kappa shape index (κ3) is 3.12. The van der Waals surface area contributed by atoms with Crippen molar-refractivity contribution >= 4 is 29.7 Å². The molecule has 0 radical (unpaired) electrons. The summed E-state index contributed by atoms with van der Waals surface area (Å²) in [5.41, 5.74) is 1.07. The van der Waals surface area contributed by atoms with Gasteiger partial charge in [-0.15, -0.1) is 12.4 Å². The zero-order valence-electron chi connectivity index (χ0n) is 14.2. The number of amides is 1. The molecule has 3 fully saturated rings. The van der Waals surface area contributed by atoms with Gasteiger partial charge in [-0.25, -0.2) is 0 Å². The summed E-state index contributed by atoms with van der Waals surface area (Å²) in [5, 5.41) is 7.73. The van der Waals surface area contributed by atoms with Crippen LogP contribution in [0.15, 0.2) is 16.8 Å². The minimum atomic E-state index is -0.144. The SMILES string of the molecule is CC1CN(C(=O)[C@@]23CCCC[C@H]2CNC3)CC(c2ccsc2)O1.Cl. The third-order valence-corrected chi connectivity index (χ3v) is 6.63. The van der Waals surface area contributed by atoms with Gasteiger partial charge in [0.2, 0.25) is 5.91 Å². The zero-order chi connectivity index (χ0) is 15.9. The number of thiophene rings is 1. The summed E-state index contributed by atoms with van der Waals surface area (Å²) in [4.78, 5) is 15.5. The van der Waals surface area contributed by atoms with E-state index in [0.717, 1.165) is 26.1 Å². The third-order valence-electron chi connectivity index (χ3n) is 5.93. The Morgan fingerprint density at radius 3 is 3.08 bits per heavy atom. The number of hydrogen-bond donors (Lipinski definition) is 1. The fourth-order valence-corrected chi connectivity index (χ4v) is 5.44. The van der Waals surface area contributed by atoms with Crippen molar-refractivity contribution in [1.29, 1.82) is 0 Å². The number of nitrogens with zero attached hydrogens (tertiary/aromatic N) is 1. The van der Waals surface area contributed by atoms with Crippen molar-refractivity contribution in [2.24, 2.45) is 11.3 Å². The molecular formula is C18H27ClN2O2S. The van der Waals surface area contributed by atoms with E-state index >= 15 is 0 Å². The van der Waals surface area contributed by atoms with Crippen molar-refractivity contribution in [3.63, 3.8) is 0 Å². The molecule has 4 rings (SSSR count). The summed E-state index contributed by atoms with van der Waals surface area (Å²) in [7, 11) is 0. The van der Waals surface area contributed by atoms with Crippen molar-refractivity contribution in [2.75, 3.05) is 26.2 Å². The van der Waals surface area contributed by atoms with E-state index in [9.17, 15) is 4.79 Å². The van der Waals surface area contributed by atoms with Gasteiger partial charge in [0.05, 0.1) is 18.1 Å². The molecule has 4 nitrogen and oxygen atoms in total. The molecule has 1 aromatic heterocycles. The molecule has 134 valence electrons. The van der Waals surface area contributed by atoms with Crippen LogP contribution in [0.2, 0.25) is 0 Å². The zero-order valence-corrected chi connectivity index (χ0v) is 15.8. The lowest BCUT2D eigenvalue weighted by molar-refractivity contribution is -0.158. The van der Waals surface area contributed by atoms with Crippen molar-refractivity contribution in [2.45, 2.75) is 44.8 Å².